The van der Waals surface area contributed by atoms with E-state index in [0.717, 1.165) is 27.9 Å². The topological polar surface area (TPSA) is 67.7 Å². The van der Waals surface area contributed by atoms with Gasteiger partial charge in [-0.15, -0.1) is 0 Å². The fraction of sp³-hybridized carbons (Fsp3) is 0.120. The minimum atomic E-state index is -0.315. The van der Waals surface area contributed by atoms with E-state index in [2.05, 4.69) is 9.97 Å². The fourth-order valence-electron chi connectivity index (χ4n) is 3.95. The molecule has 0 bridgehead atoms. The molecule has 0 spiro atoms. The molecule has 4 aromatic rings. The van der Waals surface area contributed by atoms with Crippen LogP contribution in [0.1, 0.15) is 33.9 Å². The van der Waals surface area contributed by atoms with Crippen LogP contribution in [-0.4, -0.2) is 33.7 Å². The van der Waals surface area contributed by atoms with E-state index in [4.69, 9.17) is 21.4 Å². The van der Waals surface area contributed by atoms with Gasteiger partial charge in [-0.3, -0.25) is 14.8 Å². The summed E-state index contributed by atoms with van der Waals surface area (Å²) < 4.78 is 5.53. The number of para-hydroxylation sites is 1. The molecule has 1 aliphatic rings. The molecular weight excluding hydrogens is 424 g/mol. The molecule has 158 valence electrons. The van der Waals surface area contributed by atoms with Gasteiger partial charge < -0.3 is 4.74 Å². The highest BCUT2D eigenvalue weighted by Gasteiger charge is 2.35. The van der Waals surface area contributed by atoms with Crippen LogP contribution >= 0.6 is 11.6 Å². The largest absolute Gasteiger partial charge is 0.496 e. The number of halogens is 1. The summed E-state index contributed by atoms with van der Waals surface area (Å²) in [7, 11) is 1.63. The van der Waals surface area contributed by atoms with E-state index in [1.165, 1.54) is 5.01 Å². The summed E-state index contributed by atoms with van der Waals surface area (Å²) in [5, 5.41) is 6.65. The normalized spacial score (nSPS) is 15.6. The summed E-state index contributed by atoms with van der Waals surface area (Å²) >= 11 is 6.34. The average Bonchev–Trinajstić information content (AvgIpc) is 3.29. The lowest BCUT2D eigenvalue weighted by atomic mass is 9.97. The van der Waals surface area contributed by atoms with Gasteiger partial charge in [-0.1, -0.05) is 41.9 Å². The Morgan fingerprint density at radius 2 is 1.75 bits per heavy atom. The van der Waals surface area contributed by atoms with Crippen LogP contribution in [0, 0.1) is 0 Å². The number of rotatable bonds is 4. The van der Waals surface area contributed by atoms with Crippen LogP contribution in [0.25, 0.3) is 11.0 Å². The Balaban J connectivity index is 1.61. The molecule has 0 unspecified atom stereocenters. The van der Waals surface area contributed by atoms with Crippen molar-refractivity contribution in [3.05, 3.63) is 101 Å². The van der Waals surface area contributed by atoms with Crippen molar-refractivity contribution in [3.63, 3.8) is 0 Å². The molecular formula is C25H19ClN4O2. The second-order valence-corrected chi connectivity index (χ2v) is 7.81. The molecule has 2 heterocycles. The van der Waals surface area contributed by atoms with Crippen LogP contribution in [0.3, 0.4) is 0 Å². The summed E-state index contributed by atoms with van der Waals surface area (Å²) in [6.07, 6.45) is 3.85. The molecule has 5 rings (SSSR count). The van der Waals surface area contributed by atoms with Gasteiger partial charge in [-0.05, 0) is 42.0 Å². The van der Waals surface area contributed by atoms with Crippen LogP contribution in [-0.2, 0) is 0 Å². The minimum Gasteiger partial charge on any atom is -0.496 e. The Hall–Kier alpha value is -3.77. The van der Waals surface area contributed by atoms with E-state index in [-0.39, 0.29) is 11.9 Å². The first-order chi connectivity index (χ1) is 15.7. The van der Waals surface area contributed by atoms with Gasteiger partial charge in [0.05, 0.1) is 40.5 Å². The first-order valence-corrected chi connectivity index (χ1v) is 10.5. The standard InChI is InChI=1S/C25H19ClN4O2/c1-32-24-9-5-3-7-18(24)21-15-23(16-10-11-20-22(14-16)28-13-12-27-20)30(29-21)25(31)17-6-2-4-8-19(17)26/h2-14,23H,15H2,1H3/t23-/m1/s1. The van der Waals surface area contributed by atoms with E-state index in [9.17, 15) is 4.79 Å². The molecule has 0 saturated carbocycles. The van der Waals surface area contributed by atoms with Crippen LogP contribution in [0.4, 0.5) is 0 Å². The van der Waals surface area contributed by atoms with Gasteiger partial charge in [-0.2, -0.15) is 5.10 Å². The zero-order valence-corrected chi connectivity index (χ0v) is 18.0. The molecule has 0 N–H and O–H groups in total. The molecule has 32 heavy (non-hydrogen) atoms. The van der Waals surface area contributed by atoms with E-state index >= 15 is 0 Å². The zero-order chi connectivity index (χ0) is 22.1. The summed E-state index contributed by atoms with van der Waals surface area (Å²) in [6.45, 7) is 0. The number of methoxy groups -OCH3 is 1. The van der Waals surface area contributed by atoms with Gasteiger partial charge in [-0.25, -0.2) is 5.01 Å². The molecule has 6 nitrogen and oxygen atoms in total. The highest BCUT2D eigenvalue weighted by molar-refractivity contribution is 6.33. The van der Waals surface area contributed by atoms with Crippen molar-refractivity contribution < 1.29 is 9.53 Å². The number of amides is 1. The highest BCUT2D eigenvalue weighted by Crippen LogP contribution is 2.37. The Labute approximate surface area is 190 Å². The molecule has 1 aliphatic heterocycles. The number of benzene rings is 3. The number of hydrogen-bond donors (Lipinski definition) is 0. The van der Waals surface area contributed by atoms with Gasteiger partial charge in [0.2, 0.25) is 0 Å². The Morgan fingerprint density at radius 1 is 1.00 bits per heavy atom. The number of carbonyl (C=O) groups is 1. The average molecular weight is 443 g/mol. The van der Waals surface area contributed by atoms with Crippen molar-refractivity contribution in [1.29, 1.82) is 0 Å². The van der Waals surface area contributed by atoms with Crippen molar-refractivity contribution >= 4 is 34.3 Å². The molecule has 3 aromatic carbocycles. The number of aromatic nitrogens is 2. The predicted molar refractivity (Wildman–Crippen MR) is 124 cm³/mol. The van der Waals surface area contributed by atoms with E-state index < -0.39 is 0 Å². The molecule has 0 saturated heterocycles. The van der Waals surface area contributed by atoms with Gasteiger partial charge in [0.1, 0.15) is 5.75 Å². The smallest absolute Gasteiger partial charge is 0.276 e. The fourth-order valence-corrected chi connectivity index (χ4v) is 4.17. The predicted octanol–water partition coefficient (Wildman–Crippen LogP) is 5.28. The number of carbonyl (C=O) groups excluding carboxylic acids is 1. The number of ether oxygens (including phenoxy) is 1. The van der Waals surface area contributed by atoms with Crippen molar-refractivity contribution in [1.82, 2.24) is 15.0 Å². The van der Waals surface area contributed by atoms with Crippen LogP contribution in [0.2, 0.25) is 5.02 Å². The molecule has 1 aromatic heterocycles. The van der Waals surface area contributed by atoms with Gasteiger partial charge in [0.25, 0.3) is 5.91 Å². The maximum Gasteiger partial charge on any atom is 0.276 e. The van der Waals surface area contributed by atoms with Crippen molar-refractivity contribution in [3.8, 4) is 5.75 Å². The number of nitrogens with zero attached hydrogens (tertiary/aromatic N) is 4. The van der Waals surface area contributed by atoms with Crippen molar-refractivity contribution in [2.24, 2.45) is 5.10 Å². The maximum atomic E-state index is 13.5. The summed E-state index contributed by atoms with van der Waals surface area (Å²) in [5.74, 6) is 0.450. The second kappa shape index (κ2) is 8.40. The van der Waals surface area contributed by atoms with Crippen molar-refractivity contribution in [2.75, 3.05) is 7.11 Å². The number of fused-ring (bicyclic) bond motifs is 1. The molecule has 0 radical (unpaired) electrons. The third-order valence-electron chi connectivity index (χ3n) is 5.52. The van der Waals surface area contributed by atoms with E-state index in [1.54, 1.807) is 43.8 Å². The zero-order valence-electron chi connectivity index (χ0n) is 17.3. The summed E-state index contributed by atoms with van der Waals surface area (Å²) in [4.78, 5) is 22.3. The Kier molecular flexibility index (Phi) is 5.29. The lowest BCUT2D eigenvalue weighted by Crippen LogP contribution is -2.27. The second-order valence-electron chi connectivity index (χ2n) is 7.40. The number of hydrogen-bond acceptors (Lipinski definition) is 5. The summed E-state index contributed by atoms with van der Waals surface area (Å²) in [5.41, 5.74) is 4.52. The quantitative estimate of drug-likeness (QED) is 0.431. The Morgan fingerprint density at radius 3 is 2.56 bits per heavy atom. The summed E-state index contributed by atoms with van der Waals surface area (Å²) in [6, 6.07) is 20.2. The Bertz CT molecular complexity index is 1350. The SMILES string of the molecule is COc1ccccc1C1=NN(C(=O)c2ccccc2Cl)[C@@H](c2ccc3nccnc3c2)C1. The van der Waals surface area contributed by atoms with Crippen LogP contribution < -0.4 is 4.74 Å². The molecule has 0 fully saturated rings. The third kappa shape index (κ3) is 3.59. The van der Waals surface area contributed by atoms with Gasteiger partial charge >= 0.3 is 0 Å². The lowest BCUT2D eigenvalue weighted by molar-refractivity contribution is 0.0711. The monoisotopic (exact) mass is 442 g/mol. The van der Waals surface area contributed by atoms with Gasteiger partial charge in [0, 0.05) is 24.4 Å². The highest BCUT2D eigenvalue weighted by atomic mass is 35.5. The molecule has 0 aliphatic carbocycles. The minimum absolute atomic E-state index is 0.259. The van der Waals surface area contributed by atoms with E-state index in [0.29, 0.717) is 22.8 Å². The third-order valence-corrected chi connectivity index (χ3v) is 5.85. The van der Waals surface area contributed by atoms with E-state index in [1.807, 2.05) is 42.5 Å². The molecule has 1 atom stereocenters. The van der Waals surface area contributed by atoms with Crippen LogP contribution in [0.5, 0.6) is 5.75 Å². The van der Waals surface area contributed by atoms with Gasteiger partial charge in [0.15, 0.2) is 0 Å². The molecule has 7 heteroatoms. The number of hydrazone groups is 1. The van der Waals surface area contributed by atoms with Crippen molar-refractivity contribution in [2.45, 2.75) is 12.5 Å². The van der Waals surface area contributed by atoms with Crippen LogP contribution in [0.15, 0.2) is 84.2 Å². The first kappa shape index (κ1) is 20.2. The lowest BCUT2D eigenvalue weighted by Gasteiger charge is -2.22. The maximum absolute atomic E-state index is 13.5. The molecule has 1 amide bonds. The first-order valence-electron chi connectivity index (χ1n) is 10.2.